The van der Waals surface area contributed by atoms with Crippen LogP contribution in [0, 0.1) is 13.8 Å². The zero-order chi connectivity index (χ0) is 13.3. The largest absolute Gasteiger partial charge is 0.321 e. The molecule has 96 valence electrons. The molecule has 2 heterocycles. The molecule has 0 aliphatic carbocycles. The summed E-state index contributed by atoms with van der Waals surface area (Å²) in [5.41, 5.74) is 1.68. The number of nitrogens with zero attached hydrogens (tertiary/aromatic N) is 4. The number of aryl methyl sites for hydroxylation is 2. The molecule has 0 saturated carbocycles. The summed E-state index contributed by atoms with van der Waals surface area (Å²) >= 11 is 6.05. The summed E-state index contributed by atoms with van der Waals surface area (Å²) in [6.07, 6.45) is 1.91. The molecule has 0 unspecified atom stereocenters. The lowest BCUT2D eigenvalue weighted by atomic mass is 10.3. The molecule has 0 radical (unpaired) electrons. The van der Waals surface area contributed by atoms with Crippen LogP contribution < -0.4 is 5.32 Å². The molecule has 0 aromatic carbocycles. The Kier molecular flexibility index (Phi) is 3.52. The van der Waals surface area contributed by atoms with Gasteiger partial charge in [0.1, 0.15) is 0 Å². The lowest BCUT2D eigenvalue weighted by molar-refractivity contribution is 0.534. The molecule has 18 heavy (non-hydrogen) atoms. The number of aromatic nitrogens is 4. The predicted molar refractivity (Wildman–Crippen MR) is 72.4 cm³/mol. The minimum atomic E-state index is 0.321. The number of hydrogen-bond acceptors (Lipinski definition) is 4. The molecule has 0 aliphatic rings. The lowest BCUT2D eigenvalue weighted by Gasteiger charge is -2.07. The molecular weight excluding hydrogens is 250 g/mol. The van der Waals surface area contributed by atoms with Gasteiger partial charge in [-0.05, 0) is 27.7 Å². The second-order valence-corrected chi connectivity index (χ2v) is 4.79. The molecule has 2 aromatic rings. The smallest absolute Gasteiger partial charge is 0.172 e. The molecule has 0 amide bonds. The highest BCUT2D eigenvalue weighted by atomic mass is 35.5. The van der Waals surface area contributed by atoms with E-state index in [9.17, 15) is 0 Å². The van der Waals surface area contributed by atoms with Gasteiger partial charge in [-0.2, -0.15) is 5.10 Å². The molecule has 0 saturated heterocycles. The van der Waals surface area contributed by atoms with Crippen LogP contribution in [0.2, 0.25) is 5.15 Å². The van der Waals surface area contributed by atoms with Crippen LogP contribution in [-0.2, 0) is 0 Å². The molecule has 1 N–H and O–H groups in total. The summed E-state index contributed by atoms with van der Waals surface area (Å²) < 4.78 is 1.87. The monoisotopic (exact) mass is 265 g/mol. The van der Waals surface area contributed by atoms with Crippen LogP contribution in [0.15, 0.2) is 12.3 Å². The Hall–Kier alpha value is -1.62. The first-order valence-corrected chi connectivity index (χ1v) is 6.18. The van der Waals surface area contributed by atoms with Crippen molar-refractivity contribution in [2.45, 2.75) is 33.7 Å². The molecule has 0 bridgehead atoms. The maximum absolute atomic E-state index is 6.05. The Morgan fingerprint density at radius 2 is 1.89 bits per heavy atom. The highest BCUT2D eigenvalue weighted by molar-refractivity contribution is 6.31. The maximum atomic E-state index is 6.05. The van der Waals surface area contributed by atoms with E-state index in [0.717, 1.165) is 11.4 Å². The fourth-order valence-electron chi connectivity index (χ4n) is 1.47. The molecule has 2 rings (SSSR count). The highest BCUT2D eigenvalue weighted by Crippen LogP contribution is 2.22. The van der Waals surface area contributed by atoms with Crippen LogP contribution in [0.4, 0.5) is 11.6 Å². The first kappa shape index (κ1) is 12.8. The third kappa shape index (κ3) is 2.61. The van der Waals surface area contributed by atoms with Gasteiger partial charge in [-0.25, -0.2) is 9.97 Å². The van der Waals surface area contributed by atoms with Gasteiger partial charge in [0, 0.05) is 18.3 Å². The van der Waals surface area contributed by atoms with Gasteiger partial charge in [0.25, 0.3) is 0 Å². The summed E-state index contributed by atoms with van der Waals surface area (Å²) in [4.78, 5) is 8.58. The minimum Gasteiger partial charge on any atom is -0.321 e. The molecule has 0 atom stereocenters. The van der Waals surface area contributed by atoms with Crippen LogP contribution >= 0.6 is 11.6 Å². The molecule has 5 nitrogen and oxygen atoms in total. The van der Waals surface area contributed by atoms with Gasteiger partial charge in [-0.3, -0.25) is 4.68 Å². The number of halogens is 1. The number of anilines is 2. The van der Waals surface area contributed by atoms with E-state index in [1.165, 1.54) is 0 Å². The van der Waals surface area contributed by atoms with Gasteiger partial charge in [0.15, 0.2) is 16.8 Å². The molecule has 6 heteroatoms. The van der Waals surface area contributed by atoms with Crippen molar-refractivity contribution in [3.63, 3.8) is 0 Å². The van der Waals surface area contributed by atoms with Crippen molar-refractivity contribution in [1.29, 1.82) is 0 Å². The highest BCUT2D eigenvalue weighted by Gasteiger charge is 2.09. The van der Waals surface area contributed by atoms with Gasteiger partial charge < -0.3 is 5.32 Å². The summed E-state index contributed by atoms with van der Waals surface area (Å²) in [6.45, 7) is 7.92. The van der Waals surface area contributed by atoms with Crippen LogP contribution in [0.3, 0.4) is 0 Å². The van der Waals surface area contributed by atoms with Crippen LogP contribution in [-0.4, -0.2) is 19.7 Å². The molecule has 0 aliphatic heterocycles. The summed E-state index contributed by atoms with van der Waals surface area (Å²) in [6, 6.07) is 2.20. The van der Waals surface area contributed by atoms with Gasteiger partial charge in [-0.1, -0.05) is 11.6 Å². The standard InChI is InChI=1S/C12H16ClN5/c1-7(2)18-6-5-10(17-18)16-12-11(13)14-8(3)9(4)15-12/h5-7H,1-4H3,(H,15,16,17). The fraction of sp³-hybridized carbons (Fsp3) is 0.417. The van der Waals surface area contributed by atoms with E-state index in [2.05, 4.69) is 34.2 Å². The summed E-state index contributed by atoms with van der Waals surface area (Å²) in [5, 5.41) is 7.81. The van der Waals surface area contributed by atoms with E-state index in [1.807, 2.05) is 30.8 Å². The van der Waals surface area contributed by atoms with E-state index in [0.29, 0.717) is 22.8 Å². The Labute approximate surface area is 111 Å². The summed E-state index contributed by atoms with van der Waals surface area (Å²) in [5.74, 6) is 1.25. The maximum Gasteiger partial charge on any atom is 0.172 e. The SMILES string of the molecule is Cc1nc(Cl)c(Nc2ccn(C(C)C)n2)nc1C. The first-order valence-electron chi connectivity index (χ1n) is 5.80. The summed E-state index contributed by atoms with van der Waals surface area (Å²) in [7, 11) is 0. The van der Waals surface area contributed by atoms with Crippen molar-refractivity contribution < 1.29 is 0 Å². The van der Waals surface area contributed by atoms with Crippen molar-refractivity contribution in [1.82, 2.24) is 19.7 Å². The van der Waals surface area contributed by atoms with Crippen molar-refractivity contribution in [2.75, 3.05) is 5.32 Å². The van der Waals surface area contributed by atoms with Crippen molar-refractivity contribution in [2.24, 2.45) is 0 Å². The van der Waals surface area contributed by atoms with Crippen molar-refractivity contribution in [3.05, 3.63) is 28.8 Å². The third-order valence-corrected chi connectivity index (χ3v) is 2.91. The second kappa shape index (κ2) is 4.94. The number of nitrogens with one attached hydrogen (secondary N) is 1. The van der Waals surface area contributed by atoms with E-state index in [1.54, 1.807) is 0 Å². The average Bonchev–Trinajstić information content (AvgIpc) is 2.74. The van der Waals surface area contributed by atoms with E-state index in [4.69, 9.17) is 11.6 Å². The quantitative estimate of drug-likeness (QED) is 0.925. The van der Waals surface area contributed by atoms with Crippen molar-refractivity contribution in [3.8, 4) is 0 Å². The second-order valence-electron chi connectivity index (χ2n) is 4.43. The lowest BCUT2D eigenvalue weighted by Crippen LogP contribution is -2.04. The van der Waals surface area contributed by atoms with Gasteiger partial charge in [0.2, 0.25) is 0 Å². The zero-order valence-corrected chi connectivity index (χ0v) is 11.7. The first-order chi connectivity index (χ1) is 8.47. The Morgan fingerprint density at radius 3 is 2.50 bits per heavy atom. The van der Waals surface area contributed by atoms with Crippen LogP contribution in [0.5, 0.6) is 0 Å². The van der Waals surface area contributed by atoms with Crippen molar-refractivity contribution >= 4 is 23.2 Å². The minimum absolute atomic E-state index is 0.321. The fourth-order valence-corrected chi connectivity index (χ4v) is 1.69. The van der Waals surface area contributed by atoms with E-state index in [-0.39, 0.29) is 0 Å². The molecule has 0 spiro atoms. The average molecular weight is 266 g/mol. The molecule has 2 aromatic heterocycles. The van der Waals surface area contributed by atoms with Crippen LogP contribution in [0.1, 0.15) is 31.3 Å². The Balaban J connectivity index is 2.25. The Morgan fingerprint density at radius 1 is 1.22 bits per heavy atom. The zero-order valence-electron chi connectivity index (χ0n) is 10.9. The van der Waals surface area contributed by atoms with Crippen LogP contribution in [0.25, 0.3) is 0 Å². The topological polar surface area (TPSA) is 55.6 Å². The Bertz CT molecular complexity index is 562. The van der Waals surface area contributed by atoms with Gasteiger partial charge >= 0.3 is 0 Å². The van der Waals surface area contributed by atoms with Gasteiger partial charge in [0.05, 0.1) is 11.4 Å². The van der Waals surface area contributed by atoms with Gasteiger partial charge in [-0.15, -0.1) is 0 Å². The number of hydrogen-bond donors (Lipinski definition) is 1. The number of rotatable bonds is 3. The molecule has 0 fully saturated rings. The van der Waals surface area contributed by atoms with E-state index >= 15 is 0 Å². The molecular formula is C12H16ClN5. The normalized spacial score (nSPS) is 11.0. The van der Waals surface area contributed by atoms with E-state index < -0.39 is 0 Å². The predicted octanol–water partition coefficient (Wildman–Crippen LogP) is 3.27. The third-order valence-electron chi connectivity index (χ3n) is 2.65.